The molecule has 5 nitrogen and oxygen atoms in total. The number of rotatable bonds is 4. The van der Waals surface area contributed by atoms with Gasteiger partial charge >= 0.3 is 0 Å². The predicted octanol–water partition coefficient (Wildman–Crippen LogP) is 2.25. The number of nitrogens with one attached hydrogen (secondary N) is 1. The lowest BCUT2D eigenvalue weighted by molar-refractivity contribution is -0.123. The third-order valence-corrected chi connectivity index (χ3v) is 2.73. The van der Waals surface area contributed by atoms with Gasteiger partial charge in [0.05, 0.1) is 6.07 Å². The molecule has 0 saturated heterocycles. The number of hydrogen-bond acceptors (Lipinski definition) is 4. The Balaban J connectivity index is 2.82. The second-order valence-electron chi connectivity index (χ2n) is 3.68. The summed E-state index contributed by atoms with van der Waals surface area (Å²) in [5.74, 6) is 0.642. The van der Waals surface area contributed by atoms with Gasteiger partial charge in [0.15, 0.2) is 5.82 Å². The third-order valence-electron chi connectivity index (χ3n) is 2.73. The molecule has 0 atom stereocenters. The molecule has 1 heterocycles. The SMILES string of the molecule is CCC(C#N)(CC)C(=O)Nc1cc(C)on1. The van der Waals surface area contributed by atoms with E-state index in [2.05, 4.69) is 16.5 Å². The van der Waals surface area contributed by atoms with Gasteiger partial charge in [-0.2, -0.15) is 5.26 Å². The molecule has 1 aromatic heterocycles. The maximum Gasteiger partial charge on any atom is 0.246 e. The van der Waals surface area contributed by atoms with Crippen LogP contribution in [-0.4, -0.2) is 11.1 Å². The summed E-state index contributed by atoms with van der Waals surface area (Å²) in [6.45, 7) is 5.38. The number of amides is 1. The van der Waals surface area contributed by atoms with E-state index >= 15 is 0 Å². The molecule has 0 saturated carbocycles. The molecule has 1 N–H and O–H groups in total. The lowest BCUT2D eigenvalue weighted by atomic mass is 9.83. The number of hydrogen-bond donors (Lipinski definition) is 1. The highest BCUT2D eigenvalue weighted by molar-refractivity contribution is 5.96. The summed E-state index contributed by atoms with van der Waals surface area (Å²) in [4.78, 5) is 11.9. The quantitative estimate of drug-likeness (QED) is 0.845. The fourth-order valence-corrected chi connectivity index (χ4v) is 1.44. The molecule has 0 aliphatic heterocycles. The van der Waals surface area contributed by atoms with Gasteiger partial charge in [0.1, 0.15) is 11.2 Å². The minimum Gasteiger partial charge on any atom is -0.360 e. The molecular weight excluding hydrogens is 206 g/mol. The van der Waals surface area contributed by atoms with Crippen LogP contribution in [0.4, 0.5) is 5.82 Å². The van der Waals surface area contributed by atoms with Crippen LogP contribution in [0, 0.1) is 23.7 Å². The Morgan fingerprint density at radius 2 is 2.25 bits per heavy atom. The van der Waals surface area contributed by atoms with Gasteiger partial charge in [0.25, 0.3) is 0 Å². The highest BCUT2D eigenvalue weighted by Crippen LogP contribution is 2.27. The lowest BCUT2D eigenvalue weighted by Crippen LogP contribution is -2.34. The van der Waals surface area contributed by atoms with Crippen molar-refractivity contribution in [3.05, 3.63) is 11.8 Å². The molecule has 0 radical (unpaired) electrons. The topological polar surface area (TPSA) is 78.9 Å². The largest absolute Gasteiger partial charge is 0.360 e. The molecule has 0 spiro atoms. The molecule has 16 heavy (non-hydrogen) atoms. The first kappa shape index (κ1) is 12.2. The Morgan fingerprint density at radius 3 is 2.62 bits per heavy atom. The van der Waals surface area contributed by atoms with Crippen molar-refractivity contribution in [1.82, 2.24) is 5.16 Å². The van der Waals surface area contributed by atoms with Crippen LogP contribution in [0.1, 0.15) is 32.4 Å². The zero-order valence-corrected chi connectivity index (χ0v) is 9.70. The normalized spacial score (nSPS) is 10.9. The number of carbonyl (C=O) groups excluding carboxylic acids is 1. The minimum atomic E-state index is -0.979. The van der Waals surface area contributed by atoms with E-state index < -0.39 is 5.41 Å². The molecule has 5 heteroatoms. The second-order valence-corrected chi connectivity index (χ2v) is 3.68. The van der Waals surface area contributed by atoms with Gasteiger partial charge in [-0.15, -0.1) is 0 Å². The van der Waals surface area contributed by atoms with Crippen molar-refractivity contribution in [1.29, 1.82) is 5.26 Å². The summed E-state index contributed by atoms with van der Waals surface area (Å²) in [7, 11) is 0. The van der Waals surface area contributed by atoms with Gasteiger partial charge in [-0.3, -0.25) is 4.79 Å². The van der Waals surface area contributed by atoms with Crippen LogP contribution in [0.25, 0.3) is 0 Å². The van der Waals surface area contributed by atoms with Crippen molar-refractivity contribution < 1.29 is 9.32 Å². The van der Waals surface area contributed by atoms with E-state index in [0.717, 1.165) is 0 Å². The van der Waals surface area contributed by atoms with Crippen LogP contribution in [0.5, 0.6) is 0 Å². The van der Waals surface area contributed by atoms with Crippen LogP contribution < -0.4 is 5.32 Å². The van der Waals surface area contributed by atoms with Crippen molar-refractivity contribution in [3.63, 3.8) is 0 Å². The summed E-state index contributed by atoms with van der Waals surface area (Å²) in [6.07, 6.45) is 0.950. The standard InChI is InChI=1S/C11H15N3O2/c1-4-11(5-2,7-12)10(15)13-9-6-8(3)16-14-9/h6H,4-5H2,1-3H3,(H,13,14,15). The fourth-order valence-electron chi connectivity index (χ4n) is 1.44. The number of carbonyl (C=O) groups is 1. The molecule has 1 amide bonds. The average molecular weight is 221 g/mol. The molecule has 86 valence electrons. The fraction of sp³-hybridized carbons (Fsp3) is 0.545. The van der Waals surface area contributed by atoms with Crippen molar-refractivity contribution >= 4 is 11.7 Å². The first-order chi connectivity index (χ1) is 7.57. The van der Waals surface area contributed by atoms with E-state index in [1.807, 2.05) is 13.8 Å². The summed E-state index contributed by atoms with van der Waals surface area (Å²) in [5, 5.41) is 15.3. The molecule has 0 fully saturated rings. The second kappa shape index (κ2) is 4.79. The van der Waals surface area contributed by atoms with Crippen molar-refractivity contribution in [2.75, 3.05) is 5.32 Å². The number of aromatic nitrogens is 1. The van der Waals surface area contributed by atoms with Gasteiger partial charge < -0.3 is 9.84 Å². The van der Waals surface area contributed by atoms with Crippen LogP contribution in [-0.2, 0) is 4.79 Å². The van der Waals surface area contributed by atoms with Gasteiger partial charge in [-0.1, -0.05) is 19.0 Å². The Kier molecular flexibility index (Phi) is 3.67. The molecule has 0 aliphatic carbocycles. The Morgan fingerprint density at radius 1 is 1.62 bits per heavy atom. The van der Waals surface area contributed by atoms with Gasteiger partial charge in [-0.25, -0.2) is 0 Å². The molecule has 0 aliphatic rings. The van der Waals surface area contributed by atoms with E-state index in [4.69, 9.17) is 9.78 Å². The smallest absolute Gasteiger partial charge is 0.246 e. The predicted molar refractivity (Wildman–Crippen MR) is 58.5 cm³/mol. The number of anilines is 1. The molecule has 1 rings (SSSR count). The summed E-state index contributed by atoms with van der Waals surface area (Å²) in [5.41, 5.74) is -0.979. The van der Waals surface area contributed by atoms with Crippen molar-refractivity contribution in [2.24, 2.45) is 5.41 Å². The van der Waals surface area contributed by atoms with E-state index in [9.17, 15) is 4.79 Å². The van der Waals surface area contributed by atoms with Crippen molar-refractivity contribution in [2.45, 2.75) is 33.6 Å². The molecule has 0 bridgehead atoms. The minimum absolute atomic E-state index is 0.326. The van der Waals surface area contributed by atoms with Gasteiger partial charge in [-0.05, 0) is 19.8 Å². The van der Waals surface area contributed by atoms with Crippen LogP contribution in [0.2, 0.25) is 0 Å². The zero-order chi connectivity index (χ0) is 12.2. The van der Waals surface area contributed by atoms with Gasteiger partial charge in [0, 0.05) is 6.07 Å². The van der Waals surface area contributed by atoms with Crippen molar-refractivity contribution in [3.8, 4) is 6.07 Å². The van der Waals surface area contributed by atoms with Crippen LogP contribution in [0.15, 0.2) is 10.6 Å². The molecular formula is C11H15N3O2. The molecule has 0 aromatic carbocycles. The number of nitrogens with zero attached hydrogens (tertiary/aromatic N) is 2. The van der Waals surface area contributed by atoms with Gasteiger partial charge in [0.2, 0.25) is 5.91 Å². The highest BCUT2D eigenvalue weighted by atomic mass is 16.5. The summed E-state index contributed by atoms with van der Waals surface area (Å²) >= 11 is 0. The first-order valence-corrected chi connectivity index (χ1v) is 5.24. The van der Waals surface area contributed by atoms with E-state index in [1.54, 1.807) is 13.0 Å². The van der Waals surface area contributed by atoms with Crippen LogP contribution in [0.3, 0.4) is 0 Å². The lowest BCUT2D eigenvalue weighted by Gasteiger charge is -2.20. The first-order valence-electron chi connectivity index (χ1n) is 5.24. The molecule has 1 aromatic rings. The van der Waals surface area contributed by atoms with E-state index in [-0.39, 0.29) is 5.91 Å². The zero-order valence-electron chi connectivity index (χ0n) is 9.70. The Labute approximate surface area is 94.4 Å². The van der Waals surface area contributed by atoms with E-state index in [0.29, 0.717) is 24.4 Å². The number of aryl methyl sites for hydroxylation is 1. The maximum atomic E-state index is 11.9. The maximum absolute atomic E-state index is 11.9. The van der Waals surface area contributed by atoms with Crippen LogP contribution >= 0.6 is 0 Å². The summed E-state index contributed by atoms with van der Waals surface area (Å²) < 4.78 is 4.83. The number of nitriles is 1. The van der Waals surface area contributed by atoms with E-state index in [1.165, 1.54) is 0 Å². The Bertz CT molecular complexity index is 413. The Hall–Kier alpha value is -1.83. The summed E-state index contributed by atoms with van der Waals surface area (Å²) in [6, 6.07) is 3.69. The molecule has 0 unspecified atom stereocenters. The third kappa shape index (κ3) is 2.22. The average Bonchev–Trinajstić information content (AvgIpc) is 2.67. The highest BCUT2D eigenvalue weighted by Gasteiger charge is 2.35. The monoisotopic (exact) mass is 221 g/mol.